The third-order valence-corrected chi connectivity index (χ3v) is 7.27. The number of primary amides is 1. The number of nitrogens with two attached hydrogens (primary N) is 1. The smallest absolute Gasteiger partial charge is 0.314 e. The Morgan fingerprint density at radius 1 is 1.28 bits per heavy atom. The maximum absolute atomic E-state index is 12.9. The molecule has 2 N–H and O–H groups in total. The van der Waals surface area contributed by atoms with Crippen molar-refractivity contribution in [1.29, 1.82) is 0 Å². The molecule has 2 amide bonds. The highest BCUT2D eigenvalue weighted by Gasteiger charge is 2.40. The van der Waals surface area contributed by atoms with E-state index in [9.17, 15) is 13.2 Å². The number of carbonyl (C=O) groups is 1. The number of hydrogen-bond acceptors (Lipinski definition) is 5. The lowest BCUT2D eigenvalue weighted by Crippen LogP contribution is -2.58. The summed E-state index contributed by atoms with van der Waals surface area (Å²) in [5.74, 6) is 0.965. The highest BCUT2D eigenvalue weighted by Crippen LogP contribution is 2.29. The maximum atomic E-state index is 12.9. The topological polar surface area (TPSA) is 102 Å². The van der Waals surface area contributed by atoms with Gasteiger partial charge in [-0.1, -0.05) is 20.8 Å². The molecule has 0 unspecified atom stereocenters. The fraction of sp³-hybridized carbons (Fsp3) is 0.600. The predicted octanol–water partition coefficient (Wildman–Crippen LogP) is 1.72. The standard InChI is InChI=1S/C20H31N5O3S/c1-20(2,3)11-18-22-16-10-14(6-7-17(16)25(18)9-8-23(4)5)29(27,28)15-12-24(13-15)19(21)26/h6-7,10,15H,8-9,11-13H2,1-5H3,(H2,21,26). The lowest BCUT2D eigenvalue weighted by Gasteiger charge is -2.37. The second-order valence-electron chi connectivity index (χ2n) is 9.28. The molecule has 160 valence electrons. The Bertz CT molecular complexity index is 1010. The molecule has 8 nitrogen and oxygen atoms in total. The van der Waals surface area contributed by atoms with Crippen LogP contribution in [0, 0.1) is 5.41 Å². The summed E-state index contributed by atoms with van der Waals surface area (Å²) in [6.07, 6.45) is 0.799. The van der Waals surface area contributed by atoms with E-state index in [4.69, 9.17) is 10.7 Å². The van der Waals surface area contributed by atoms with Crippen LogP contribution in [0.1, 0.15) is 26.6 Å². The zero-order valence-corrected chi connectivity index (χ0v) is 18.7. The fourth-order valence-electron chi connectivity index (χ4n) is 3.50. The Balaban J connectivity index is 1.96. The van der Waals surface area contributed by atoms with Crippen LogP contribution in [0.25, 0.3) is 11.0 Å². The zero-order chi connectivity index (χ0) is 21.6. The molecule has 1 aliphatic rings. The molecule has 1 fully saturated rings. The largest absolute Gasteiger partial charge is 0.351 e. The fourth-order valence-corrected chi connectivity index (χ4v) is 5.17. The van der Waals surface area contributed by atoms with Crippen molar-refractivity contribution in [3.8, 4) is 0 Å². The van der Waals surface area contributed by atoms with Gasteiger partial charge < -0.3 is 20.1 Å². The normalized spacial score (nSPS) is 15.9. The Morgan fingerprint density at radius 2 is 1.93 bits per heavy atom. The van der Waals surface area contributed by atoms with Gasteiger partial charge in [-0.15, -0.1) is 0 Å². The molecule has 3 rings (SSSR count). The SMILES string of the molecule is CN(C)CCn1c(CC(C)(C)C)nc2cc(S(=O)(=O)C3CN(C(N)=O)C3)ccc21. The number of fused-ring (bicyclic) bond motifs is 1. The number of amides is 2. The van der Waals surface area contributed by atoms with E-state index in [-0.39, 0.29) is 23.4 Å². The van der Waals surface area contributed by atoms with Gasteiger partial charge in [-0.3, -0.25) is 0 Å². The monoisotopic (exact) mass is 421 g/mol. The minimum absolute atomic E-state index is 0.0658. The van der Waals surface area contributed by atoms with Crippen LogP contribution in [0.4, 0.5) is 4.79 Å². The Kier molecular flexibility index (Phi) is 5.66. The maximum Gasteiger partial charge on any atom is 0.314 e. The number of sulfone groups is 1. The van der Waals surface area contributed by atoms with Gasteiger partial charge in [0.25, 0.3) is 0 Å². The molecule has 29 heavy (non-hydrogen) atoms. The van der Waals surface area contributed by atoms with Gasteiger partial charge in [0.2, 0.25) is 0 Å². The van der Waals surface area contributed by atoms with Crippen LogP contribution >= 0.6 is 0 Å². The first-order valence-corrected chi connectivity index (χ1v) is 11.4. The third kappa shape index (κ3) is 4.56. The molecular weight excluding hydrogens is 390 g/mol. The zero-order valence-electron chi connectivity index (χ0n) is 17.8. The van der Waals surface area contributed by atoms with E-state index in [0.717, 1.165) is 30.9 Å². The lowest BCUT2D eigenvalue weighted by molar-refractivity contribution is 0.178. The van der Waals surface area contributed by atoms with Crippen LogP contribution in [0.3, 0.4) is 0 Å². The van der Waals surface area contributed by atoms with Gasteiger partial charge in [0.1, 0.15) is 11.1 Å². The molecule has 0 bridgehead atoms. The molecule has 0 saturated carbocycles. The van der Waals surface area contributed by atoms with Crippen LogP contribution in [-0.2, 0) is 22.8 Å². The van der Waals surface area contributed by atoms with E-state index in [1.54, 1.807) is 12.1 Å². The molecule has 9 heteroatoms. The van der Waals surface area contributed by atoms with Gasteiger partial charge >= 0.3 is 6.03 Å². The van der Waals surface area contributed by atoms with Gasteiger partial charge in [-0.05, 0) is 37.7 Å². The first kappa shape index (κ1) is 21.6. The van der Waals surface area contributed by atoms with Gasteiger partial charge in [-0.2, -0.15) is 0 Å². The molecular formula is C20H31N5O3S. The Labute approximate surface area is 172 Å². The number of imidazole rings is 1. The van der Waals surface area contributed by atoms with E-state index in [1.165, 1.54) is 4.90 Å². The molecule has 0 atom stereocenters. The van der Waals surface area contributed by atoms with Crippen molar-refractivity contribution in [3.63, 3.8) is 0 Å². The number of likely N-dealkylation sites (N-methyl/N-ethyl adjacent to an activating group) is 1. The summed E-state index contributed by atoms with van der Waals surface area (Å²) < 4.78 is 28.1. The van der Waals surface area contributed by atoms with Crippen LogP contribution < -0.4 is 5.73 Å². The van der Waals surface area contributed by atoms with Gasteiger partial charge in [0.15, 0.2) is 9.84 Å². The molecule has 0 radical (unpaired) electrons. The number of carbonyl (C=O) groups excluding carboxylic acids is 1. The van der Waals surface area contributed by atoms with Crippen molar-refractivity contribution < 1.29 is 13.2 Å². The van der Waals surface area contributed by atoms with Crippen LogP contribution in [0.5, 0.6) is 0 Å². The van der Waals surface area contributed by atoms with Crippen molar-refractivity contribution in [2.75, 3.05) is 33.7 Å². The summed E-state index contributed by atoms with van der Waals surface area (Å²) in [5, 5.41) is -0.614. The van der Waals surface area contributed by atoms with E-state index in [1.807, 2.05) is 20.2 Å². The minimum atomic E-state index is -3.53. The van der Waals surface area contributed by atoms with E-state index in [2.05, 4.69) is 30.2 Å². The summed E-state index contributed by atoms with van der Waals surface area (Å²) in [6, 6.07) is 4.58. The number of likely N-dealkylation sites (tertiary alicyclic amines) is 1. The number of benzene rings is 1. The van der Waals surface area contributed by atoms with Gasteiger partial charge in [0.05, 0.1) is 15.9 Å². The van der Waals surface area contributed by atoms with Crippen molar-refractivity contribution >= 4 is 26.9 Å². The number of nitrogens with zero attached hydrogens (tertiary/aromatic N) is 4. The molecule has 1 aromatic heterocycles. The molecule has 1 aliphatic heterocycles. The van der Waals surface area contributed by atoms with E-state index >= 15 is 0 Å². The van der Waals surface area contributed by atoms with E-state index in [0.29, 0.717) is 5.52 Å². The van der Waals surface area contributed by atoms with Crippen molar-refractivity contribution in [2.24, 2.45) is 11.1 Å². The van der Waals surface area contributed by atoms with E-state index < -0.39 is 21.1 Å². The van der Waals surface area contributed by atoms with Crippen molar-refractivity contribution in [2.45, 2.75) is 43.9 Å². The average Bonchev–Trinajstić information content (AvgIpc) is 2.84. The number of urea groups is 1. The van der Waals surface area contributed by atoms with Crippen LogP contribution in [0.2, 0.25) is 0 Å². The Hall–Kier alpha value is -2.13. The third-order valence-electron chi connectivity index (χ3n) is 5.19. The lowest BCUT2D eigenvalue weighted by atomic mass is 9.92. The number of rotatable bonds is 6. The molecule has 0 aliphatic carbocycles. The second kappa shape index (κ2) is 7.60. The highest BCUT2D eigenvalue weighted by molar-refractivity contribution is 7.92. The van der Waals surface area contributed by atoms with Crippen LogP contribution in [-0.4, -0.2) is 72.8 Å². The number of hydrogen-bond donors (Lipinski definition) is 1. The number of aromatic nitrogens is 2. The second-order valence-corrected chi connectivity index (χ2v) is 11.5. The van der Waals surface area contributed by atoms with Gasteiger partial charge in [0, 0.05) is 32.6 Å². The molecule has 2 heterocycles. The molecule has 2 aromatic rings. The summed E-state index contributed by atoms with van der Waals surface area (Å²) in [6.45, 7) is 8.44. The van der Waals surface area contributed by atoms with Crippen molar-refractivity contribution in [1.82, 2.24) is 19.4 Å². The predicted molar refractivity (Wildman–Crippen MR) is 114 cm³/mol. The Morgan fingerprint density at radius 3 is 2.48 bits per heavy atom. The summed E-state index contributed by atoms with van der Waals surface area (Å²) in [5.41, 5.74) is 6.91. The summed E-state index contributed by atoms with van der Waals surface area (Å²) in [4.78, 5) is 19.7. The first-order chi connectivity index (χ1) is 13.4. The molecule has 0 spiro atoms. The van der Waals surface area contributed by atoms with Crippen molar-refractivity contribution in [3.05, 3.63) is 24.0 Å². The quantitative estimate of drug-likeness (QED) is 0.765. The average molecular weight is 422 g/mol. The summed E-state index contributed by atoms with van der Waals surface area (Å²) >= 11 is 0. The van der Waals surface area contributed by atoms with Crippen LogP contribution in [0.15, 0.2) is 23.1 Å². The van der Waals surface area contributed by atoms with Gasteiger partial charge in [-0.25, -0.2) is 18.2 Å². The summed E-state index contributed by atoms with van der Waals surface area (Å²) in [7, 11) is 0.526. The molecule has 1 saturated heterocycles. The molecule has 1 aromatic carbocycles. The first-order valence-electron chi connectivity index (χ1n) is 9.80. The minimum Gasteiger partial charge on any atom is -0.351 e. The highest BCUT2D eigenvalue weighted by atomic mass is 32.2.